The average molecular weight is 290 g/mol. The average Bonchev–Trinajstić information content (AvgIpc) is 2.55. The Hall–Kier alpha value is -1.39. The van der Waals surface area contributed by atoms with Crippen LogP contribution in [0.15, 0.2) is 30.3 Å². The zero-order valence-electron chi connectivity index (χ0n) is 13.0. The summed E-state index contributed by atoms with van der Waals surface area (Å²) >= 11 is 0. The van der Waals surface area contributed by atoms with E-state index in [1.165, 1.54) is 5.56 Å². The van der Waals surface area contributed by atoms with Gasteiger partial charge in [0.1, 0.15) is 0 Å². The number of nitrogens with one attached hydrogen (secondary N) is 1. The van der Waals surface area contributed by atoms with E-state index < -0.39 is 0 Å². The lowest BCUT2D eigenvalue weighted by atomic mass is 10.0. The van der Waals surface area contributed by atoms with Crippen LogP contribution in [-0.4, -0.2) is 43.7 Å². The molecule has 4 nitrogen and oxygen atoms in total. The lowest BCUT2D eigenvalue weighted by Gasteiger charge is -2.31. The van der Waals surface area contributed by atoms with Crippen LogP contribution < -0.4 is 5.32 Å². The van der Waals surface area contributed by atoms with Crippen molar-refractivity contribution in [1.29, 1.82) is 0 Å². The van der Waals surface area contributed by atoms with Crippen molar-refractivity contribution in [2.45, 2.75) is 26.3 Å². The Morgan fingerprint density at radius 3 is 2.57 bits per heavy atom. The highest BCUT2D eigenvalue weighted by atomic mass is 16.5. The third-order valence-electron chi connectivity index (χ3n) is 4.12. The van der Waals surface area contributed by atoms with Gasteiger partial charge in [-0.25, -0.2) is 0 Å². The van der Waals surface area contributed by atoms with Crippen molar-refractivity contribution in [3.63, 3.8) is 0 Å². The molecule has 0 aliphatic carbocycles. The van der Waals surface area contributed by atoms with Crippen LogP contribution in [0, 0.1) is 5.92 Å². The maximum absolute atomic E-state index is 12.2. The molecule has 1 heterocycles. The van der Waals surface area contributed by atoms with Crippen LogP contribution in [0.2, 0.25) is 0 Å². The van der Waals surface area contributed by atoms with Crippen LogP contribution in [0.25, 0.3) is 0 Å². The van der Waals surface area contributed by atoms with Crippen LogP contribution in [0.1, 0.15) is 31.9 Å². The number of morpholine rings is 1. The van der Waals surface area contributed by atoms with Gasteiger partial charge in [0.05, 0.1) is 19.3 Å². The van der Waals surface area contributed by atoms with Gasteiger partial charge in [0.2, 0.25) is 5.91 Å². The topological polar surface area (TPSA) is 41.6 Å². The standard InChI is InChI=1S/C17H26N2O2/c1-3-14(2)17(20)18-16(15-7-5-4-6-8-15)13-19-9-11-21-12-10-19/h4-8,14,16H,3,9-13H2,1-2H3,(H,18,20). The van der Waals surface area contributed by atoms with Gasteiger partial charge in [-0.15, -0.1) is 0 Å². The molecule has 0 radical (unpaired) electrons. The molecule has 1 amide bonds. The van der Waals surface area contributed by atoms with E-state index in [2.05, 4.69) is 22.3 Å². The molecule has 21 heavy (non-hydrogen) atoms. The van der Waals surface area contributed by atoms with Crippen molar-refractivity contribution in [3.8, 4) is 0 Å². The van der Waals surface area contributed by atoms with E-state index in [1.807, 2.05) is 32.0 Å². The van der Waals surface area contributed by atoms with Crippen LogP contribution in [0.3, 0.4) is 0 Å². The van der Waals surface area contributed by atoms with Gasteiger partial charge in [0, 0.05) is 25.6 Å². The predicted molar refractivity (Wildman–Crippen MR) is 84.0 cm³/mol. The van der Waals surface area contributed by atoms with Crippen LogP contribution >= 0.6 is 0 Å². The Balaban J connectivity index is 2.04. The molecule has 1 aromatic carbocycles. The first kappa shape index (κ1) is 16.0. The van der Waals surface area contributed by atoms with E-state index in [0.29, 0.717) is 0 Å². The minimum atomic E-state index is 0.0470. The monoisotopic (exact) mass is 290 g/mol. The molecule has 0 spiro atoms. The molecule has 1 saturated heterocycles. The van der Waals surface area contributed by atoms with Crippen LogP contribution in [0.4, 0.5) is 0 Å². The highest BCUT2D eigenvalue weighted by molar-refractivity contribution is 5.78. The smallest absolute Gasteiger partial charge is 0.223 e. The molecular formula is C17H26N2O2. The summed E-state index contributed by atoms with van der Waals surface area (Å²) in [6.07, 6.45) is 0.866. The van der Waals surface area contributed by atoms with Gasteiger partial charge < -0.3 is 10.1 Å². The second-order valence-electron chi connectivity index (χ2n) is 5.69. The third-order valence-corrected chi connectivity index (χ3v) is 4.12. The maximum Gasteiger partial charge on any atom is 0.223 e. The number of hydrogen-bond donors (Lipinski definition) is 1. The molecule has 2 rings (SSSR count). The summed E-state index contributed by atoms with van der Waals surface area (Å²) in [5, 5.41) is 3.21. The van der Waals surface area contributed by atoms with Gasteiger partial charge in [-0.05, 0) is 12.0 Å². The van der Waals surface area contributed by atoms with Crippen LogP contribution in [0.5, 0.6) is 0 Å². The first-order chi connectivity index (χ1) is 10.2. The summed E-state index contributed by atoms with van der Waals surface area (Å²) in [4.78, 5) is 14.6. The van der Waals surface area contributed by atoms with Crippen LogP contribution in [-0.2, 0) is 9.53 Å². The van der Waals surface area contributed by atoms with Crippen molar-refractivity contribution in [2.75, 3.05) is 32.8 Å². The fourth-order valence-corrected chi connectivity index (χ4v) is 2.46. The summed E-state index contributed by atoms with van der Waals surface area (Å²) in [6.45, 7) is 8.29. The number of carbonyl (C=O) groups excluding carboxylic acids is 1. The van der Waals surface area contributed by atoms with E-state index in [-0.39, 0.29) is 17.9 Å². The van der Waals surface area contributed by atoms with Crippen molar-refractivity contribution in [3.05, 3.63) is 35.9 Å². The zero-order chi connectivity index (χ0) is 15.1. The Bertz CT molecular complexity index is 430. The normalized spacial score (nSPS) is 19.0. The Morgan fingerprint density at radius 1 is 1.29 bits per heavy atom. The molecule has 2 atom stereocenters. The minimum Gasteiger partial charge on any atom is -0.379 e. The van der Waals surface area contributed by atoms with Crippen molar-refractivity contribution in [1.82, 2.24) is 10.2 Å². The molecule has 1 aliphatic rings. The van der Waals surface area contributed by atoms with E-state index in [1.54, 1.807) is 0 Å². The first-order valence-electron chi connectivity index (χ1n) is 7.86. The fraction of sp³-hybridized carbons (Fsp3) is 0.588. The number of amides is 1. The van der Waals surface area contributed by atoms with Gasteiger partial charge in [0.25, 0.3) is 0 Å². The van der Waals surface area contributed by atoms with Gasteiger partial charge >= 0.3 is 0 Å². The quantitative estimate of drug-likeness (QED) is 0.873. The van der Waals surface area contributed by atoms with Gasteiger partial charge in [-0.2, -0.15) is 0 Å². The molecular weight excluding hydrogens is 264 g/mol. The number of carbonyl (C=O) groups is 1. The predicted octanol–water partition coefficient (Wildman–Crippen LogP) is 2.22. The van der Waals surface area contributed by atoms with Crippen molar-refractivity contribution >= 4 is 5.91 Å². The molecule has 0 bridgehead atoms. The summed E-state index contributed by atoms with van der Waals surface area (Å²) in [6, 6.07) is 10.3. The largest absolute Gasteiger partial charge is 0.379 e. The second-order valence-corrected chi connectivity index (χ2v) is 5.69. The summed E-state index contributed by atoms with van der Waals surface area (Å²) in [7, 11) is 0. The highest BCUT2D eigenvalue weighted by Gasteiger charge is 2.21. The van der Waals surface area contributed by atoms with E-state index in [9.17, 15) is 4.79 Å². The van der Waals surface area contributed by atoms with Gasteiger partial charge in [0.15, 0.2) is 0 Å². The Morgan fingerprint density at radius 2 is 1.95 bits per heavy atom. The molecule has 0 saturated carbocycles. The first-order valence-corrected chi connectivity index (χ1v) is 7.86. The molecule has 116 valence electrons. The molecule has 1 aliphatic heterocycles. The van der Waals surface area contributed by atoms with Crippen molar-refractivity contribution < 1.29 is 9.53 Å². The minimum absolute atomic E-state index is 0.0470. The number of benzene rings is 1. The number of ether oxygens (including phenoxy) is 1. The Labute approximate surface area is 127 Å². The van der Waals surface area contributed by atoms with E-state index >= 15 is 0 Å². The van der Waals surface area contributed by atoms with Gasteiger partial charge in [-0.1, -0.05) is 44.2 Å². The molecule has 2 unspecified atom stereocenters. The maximum atomic E-state index is 12.2. The van der Waals surface area contributed by atoms with E-state index in [0.717, 1.165) is 39.3 Å². The lowest BCUT2D eigenvalue weighted by molar-refractivity contribution is -0.125. The number of rotatable bonds is 6. The molecule has 1 aromatic rings. The summed E-state index contributed by atoms with van der Waals surface area (Å²) in [5.74, 6) is 0.195. The summed E-state index contributed by atoms with van der Waals surface area (Å²) < 4.78 is 5.39. The molecule has 4 heteroatoms. The zero-order valence-corrected chi connectivity index (χ0v) is 13.0. The SMILES string of the molecule is CCC(C)C(=O)NC(CN1CCOCC1)c1ccccc1. The van der Waals surface area contributed by atoms with E-state index in [4.69, 9.17) is 4.74 Å². The highest BCUT2D eigenvalue weighted by Crippen LogP contribution is 2.16. The lowest BCUT2D eigenvalue weighted by Crippen LogP contribution is -2.44. The number of nitrogens with zero attached hydrogens (tertiary/aromatic N) is 1. The summed E-state index contributed by atoms with van der Waals surface area (Å²) in [5.41, 5.74) is 1.17. The third kappa shape index (κ3) is 4.83. The second kappa shape index (κ2) is 8.15. The molecule has 1 fully saturated rings. The number of hydrogen-bond acceptors (Lipinski definition) is 3. The molecule has 0 aromatic heterocycles. The van der Waals surface area contributed by atoms with Crippen molar-refractivity contribution in [2.24, 2.45) is 5.92 Å². The van der Waals surface area contributed by atoms with Gasteiger partial charge in [-0.3, -0.25) is 9.69 Å². The molecule has 1 N–H and O–H groups in total. The fourth-order valence-electron chi connectivity index (χ4n) is 2.46. The Kier molecular flexibility index (Phi) is 6.21.